The van der Waals surface area contributed by atoms with Crippen LogP contribution >= 0.6 is 23.2 Å². The second-order valence-electron chi connectivity index (χ2n) is 7.86. The number of nitrogens with two attached hydrogens (primary N) is 1. The molecule has 0 radical (unpaired) electrons. The molecule has 4 heteroatoms. The van der Waals surface area contributed by atoms with Crippen molar-refractivity contribution in [2.24, 2.45) is 5.73 Å². The smallest absolute Gasteiger partial charge is 0.0517 e. The highest BCUT2D eigenvalue weighted by Crippen LogP contribution is 2.38. The van der Waals surface area contributed by atoms with Gasteiger partial charge in [0.2, 0.25) is 0 Å². The van der Waals surface area contributed by atoms with Crippen LogP contribution in [0.2, 0.25) is 10.0 Å². The summed E-state index contributed by atoms with van der Waals surface area (Å²) in [6.07, 6.45) is 2.98. The normalized spacial score (nSPS) is 12.1. The SMILES string of the molecule is CC(C)(C)c1ccc(-c2[nH]c3cc(Cl)cc(Cl)c3c2CCCCN)cc1. The van der Waals surface area contributed by atoms with Crippen molar-refractivity contribution in [2.75, 3.05) is 6.54 Å². The minimum absolute atomic E-state index is 0.139. The van der Waals surface area contributed by atoms with Crippen LogP contribution in [-0.4, -0.2) is 11.5 Å². The number of fused-ring (bicyclic) bond motifs is 1. The van der Waals surface area contributed by atoms with E-state index in [-0.39, 0.29) is 5.41 Å². The number of nitrogens with one attached hydrogen (secondary N) is 1. The number of hydrogen-bond donors (Lipinski definition) is 2. The molecule has 0 fully saturated rings. The van der Waals surface area contributed by atoms with Gasteiger partial charge in [0.15, 0.2) is 0 Å². The van der Waals surface area contributed by atoms with Gasteiger partial charge in [-0.25, -0.2) is 0 Å². The fourth-order valence-corrected chi connectivity index (χ4v) is 4.00. The summed E-state index contributed by atoms with van der Waals surface area (Å²) in [4.78, 5) is 3.55. The van der Waals surface area contributed by atoms with Gasteiger partial charge in [-0.15, -0.1) is 0 Å². The Hall–Kier alpha value is -1.48. The van der Waals surface area contributed by atoms with Crippen molar-refractivity contribution in [3.8, 4) is 11.3 Å². The topological polar surface area (TPSA) is 41.8 Å². The molecule has 2 nitrogen and oxygen atoms in total. The van der Waals surface area contributed by atoms with E-state index in [1.165, 1.54) is 16.7 Å². The lowest BCUT2D eigenvalue weighted by molar-refractivity contribution is 0.590. The molecule has 3 rings (SSSR count). The number of halogens is 2. The molecule has 0 bridgehead atoms. The van der Waals surface area contributed by atoms with Gasteiger partial charge in [0, 0.05) is 21.6 Å². The maximum absolute atomic E-state index is 6.54. The van der Waals surface area contributed by atoms with E-state index < -0.39 is 0 Å². The molecule has 0 aliphatic carbocycles. The van der Waals surface area contributed by atoms with Gasteiger partial charge in [-0.2, -0.15) is 0 Å². The van der Waals surface area contributed by atoms with Gasteiger partial charge in [-0.1, -0.05) is 68.2 Å². The number of aromatic nitrogens is 1. The van der Waals surface area contributed by atoms with E-state index in [9.17, 15) is 0 Å². The standard InChI is InChI=1S/C22H26Cl2N2/c1-22(2,3)15-9-7-14(8-10-15)21-17(6-4-5-11-25)20-18(24)12-16(23)13-19(20)26-21/h7-10,12-13,26H,4-6,11,25H2,1-3H3. The third kappa shape index (κ3) is 3.93. The Labute approximate surface area is 165 Å². The third-order valence-electron chi connectivity index (χ3n) is 4.84. The molecule has 0 unspecified atom stereocenters. The van der Waals surface area contributed by atoms with Crippen molar-refractivity contribution in [1.29, 1.82) is 0 Å². The zero-order chi connectivity index (χ0) is 18.9. The van der Waals surface area contributed by atoms with Crippen LogP contribution in [0.15, 0.2) is 36.4 Å². The Morgan fingerprint density at radius 1 is 1.00 bits per heavy atom. The fraction of sp³-hybridized carbons (Fsp3) is 0.364. The van der Waals surface area contributed by atoms with E-state index in [1.807, 2.05) is 12.1 Å². The number of unbranched alkanes of at least 4 members (excludes halogenated alkanes) is 1. The number of hydrogen-bond acceptors (Lipinski definition) is 1. The summed E-state index contributed by atoms with van der Waals surface area (Å²) < 4.78 is 0. The van der Waals surface area contributed by atoms with E-state index in [1.54, 1.807) is 0 Å². The summed E-state index contributed by atoms with van der Waals surface area (Å²) in [5.41, 5.74) is 11.7. The molecule has 0 saturated carbocycles. The molecule has 2 aromatic carbocycles. The first-order chi connectivity index (χ1) is 12.3. The van der Waals surface area contributed by atoms with E-state index >= 15 is 0 Å². The first kappa shape index (κ1) is 19.3. The summed E-state index contributed by atoms with van der Waals surface area (Å²) in [7, 11) is 0. The zero-order valence-electron chi connectivity index (χ0n) is 15.6. The predicted molar refractivity (Wildman–Crippen MR) is 114 cm³/mol. The van der Waals surface area contributed by atoms with Crippen LogP contribution < -0.4 is 5.73 Å². The largest absolute Gasteiger partial charge is 0.354 e. The van der Waals surface area contributed by atoms with Crippen molar-refractivity contribution in [3.05, 3.63) is 57.6 Å². The van der Waals surface area contributed by atoms with Crippen molar-refractivity contribution < 1.29 is 0 Å². The molecule has 0 saturated heterocycles. The highest BCUT2D eigenvalue weighted by atomic mass is 35.5. The molecular formula is C22H26Cl2N2. The Balaban J connectivity index is 2.11. The van der Waals surface area contributed by atoms with Gasteiger partial charge in [0.25, 0.3) is 0 Å². The zero-order valence-corrected chi connectivity index (χ0v) is 17.1. The lowest BCUT2D eigenvalue weighted by Gasteiger charge is -2.19. The average Bonchev–Trinajstić information content (AvgIpc) is 2.93. The Bertz CT molecular complexity index is 903. The van der Waals surface area contributed by atoms with Crippen LogP contribution in [0.25, 0.3) is 22.2 Å². The van der Waals surface area contributed by atoms with E-state index in [2.05, 4.69) is 50.0 Å². The molecule has 1 heterocycles. The number of aryl methyl sites for hydroxylation is 1. The van der Waals surface area contributed by atoms with E-state index in [0.29, 0.717) is 16.6 Å². The highest BCUT2D eigenvalue weighted by molar-refractivity contribution is 6.39. The van der Waals surface area contributed by atoms with E-state index in [0.717, 1.165) is 35.9 Å². The Morgan fingerprint density at radius 3 is 2.31 bits per heavy atom. The monoisotopic (exact) mass is 388 g/mol. The molecule has 0 atom stereocenters. The summed E-state index contributed by atoms with van der Waals surface area (Å²) in [6.45, 7) is 7.39. The predicted octanol–water partition coefficient (Wildman–Crippen LogP) is 6.72. The van der Waals surface area contributed by atoms with Crippen LogP contribution in [0.3, 0.4) is 0 Å². The minimum Gasteiger partial charge on any atom is -0.354 e. The quantitative estimate of drug-likeness (QED) is 0.467. The highest BCUT2D eigenvalue weighted by Gasteiger charge is 2.18. The first-order valence-electron chi connectivity index (χ1n) is 9.12. The average molecular weight is 389 g/mol. The summed E-state index contributed by atoms with van der Waals surface area (Å²) in [5.74, 6) is 0. The third-order valence-corrected chi connectivity index (χ3v) is 5.36. The molecule has 0 aliphatic heterocycles. The Kier molecular flexibility index (Phi) is 5.67. The molecule has 3 aromatic rings. The first-order valence-corrected chi connectivity index (χ1v) is 9.87. The van der Waals surface area contributed by atoms with Gasteiger partial charge in [-0.05, 0) is 60.0 Å². The number of benzene rings is 2. The lowest BCUT2D eigenvalue weighted by Crippen LogP contribution is -2.10. The molecule has 1 aromatic heterocycles. The van der Waals surface area contributed by atoms with Gasteiger partial charge in [0.1, 0.15) is 0 Å². The minimum atomic E-state index is 0.139. The van der Waals surface area contributed by atoms with Crippen molar-refractivity contribution in [3.63, 3.8) is 0 Å². The molecule has 138 valence electrons. The lowest BCUT2D eigenvalue weighted by atomic mass is 9.86. The molecule has 3 N–H and O–H groups in total. The second kappa shape index (κ2) is 7.64. The maximum Gasteiger partial charge on any atom is 0.0517 e. The number of aromatic amines is 1. The van der Waals surface area contributed by atoms with Crippen LogP contribution in [0.4, 0.5) is 0 Å². The molecule has 0 amide bonds. The van der Waals surface area contributed by atoms with Gasteiger partial charge in [-0.3, -0.25) is 0 Å². The van der Waals surface area contributed by atoms with E-state index in [4.69, 9.17) is 28.9 Å². The van der Waals surface area contributed by atoms with Crippen molar-refractivity contribution >= 4 is 34.1 Å². The Morgan fingerprint density at radius 2 is 1.69 bits per heavy atom. The van der Waals surface area contributed by atoms with Gasteiger partial charge < -0.3 is 10.7 Å². The van der Waals surface area contributed by atoms with Crippen molar-refractivity contribution in [1.82, 2.24) is 4.98 Å². The van der Waals surface area contributed by atoms with Crippen LogP contribution in [0.5, 0.6) is 0 Å². The van der Waals surface area contributed by atoms with Crippen LogP contribution in [0, 0.1) is 0 Å². The second-order valence-corrected chi connectivity index (χ2v) is 8.71. The van der Waals surface area contributed by atoms with Gasteiger partial charge >= 0.3 is 0 Å². The molecule has 0 spiro atoms. The molecule has 26 heavy (non-hydrogen) atoms. The number of H-pyrrole nitrogens is 1. The maximum atomic E-state index is 6.54. The number of rotatable bonds is 5. The van der Waals surface area contributed by atoms with Gasteiger partial charge in [0.05, 0.1) is 5.02 Å². The molecule has 0 aliphatic rings. The fourth-order valence-electron chi connectivity index (χ4n) is 3.39. The van der Waals surface area contributed by atoms with Crippen molar-refractivity contribution in [2.45, 2.75) is 45.4 Å². The summed E-state index contributed by atoms with van der Waals surface area (Å²) in [6, 6.07) is 12.6. The molecular weight excluding hydrogens is 363 g/mol. The summed E-state index contributed by atoms with van der Waals surface area (Å²) in [5, 5.41) is 2.42. The summed E-state index contributed by atoms with van der Waals surface area (Å²) >= 11 is 12.7. The van der Waals surface area contributed by atoms with Crippen LogP contribution in [-0.2, 0) is 11.8 Å². The van der Waals surface area contributed by atoms with Crippen LogP contribution in [0.1, 0.15) is 44.7 Å².